The maximum absolute atomic E-state index is 13.4. The molecule has 1 aliphatic carbocycles. The number of hydrogen-bond donors (Lipinski definition) is 3. The summed E-state index contributed by atoms with van der Waals surface area (Å²) in [5.74, 6) is -2.12. The highest BCUT2D eigenvalue weighted by atomic mass is 35.5. The van der Waals surface area contributed by atoms with Crippen molar-refractivity contribution < 1.29 is 37.3 Å². The van der Waals surface area contributed by atoms with Gasteiger partial charge in [0.15, 0.2) is 0 Å². The van der Waals surface area contributed by atoms with Crippen molar-refractivity contribution in [1.82, 2.24) is 9.97 Å². The minimum absolute atomic E-state index is 0.0217. The number of phenols is 1. The molecule has 0 bridgehead atoms. The molecule has 0 radical (unpaired) electrons. The van der Waals surface area contributed by atoms with Crippen LogP contribution < -0.4 is 10.1 Å². The van der Waals surface area contributed by atoms with E-state index in [1.807, 2.05) is 0 Å². The van der Waals surface area contributed by atoms with Gasteiger partial charge < -0.3 is 20.3 Å². The number of carboxylic acids is 1. The van der Waals surface area contributed by atoms with Gasteiger partial charge in [-0.25, -0.2) is 19.2 Å². The van der Waals surface area contributed by atoms with Crippen LogP contribution in [-0.4, -0.2) is 38.4 Å². The first-order valence-electron chi connectivity index (χ1n) is 9.71. The van der Waals surface area contributed by atoms with Crippen LogP contribution >= 0.6 is 11.6 Å². The number of benzene rings is 2. The zero-order valence-corrected chi connectivity index (χ0v) is 17.6. The number of nitrogens with zero attached hydrogens (tertiary/aromatic N) is 2. The molecule has 1 fully saturated rings. The van der Waals surface area contributed by atoms with Gasteiger partial charge in [-0.15, -0.1) is 0 Å². The molecule has 1 aliphatic rings. The Labute approximate surface area is 190 Å². The number of halogens is 5. The number of anilines is 2. The van der Waals surface area contributed by atoms with Crippen molar-refractivity contribution in [2.45, 2.75) is 38.0 Å². The second kappa shape index (κ2) is 10.1. The molecule has 1 aromatic heterocycles. The number of phenolic OH excluding ortho intramolecular Hbond substituents is 1. The quantitative estimate of drug-likeness (QED) is 0.398. The predicted octanol–water partition coefficient (Wildman–Crippen LogP) is 5.83. The average molecular weight is 488 g/mol. The SMILES string of the molecule is O=C(O)C(F)(F)F.Oc1cc(OC2CCCC2)c2c(Nc3ccc(F)c(Cl)c3)ncnc2c1. The van der Waals surface area contributed by atoms with E-state index in [2.05, 4.69) is 15.3 Å². The van der Waals surface area contributed by atoms with E-state index in [0.717, 1.165) is 25.7 Å². The molecule has 0 unspecified atom stereocenters. The largest absolute Gasteiger partial charge is 0.508 e. The number of aromatic hydroxyl groups is 1. The first kappa shape index (κ1) is 24.3. The van der Waals surface area contributed by atoms with Gasteiger partial charge in [-0.3, -0.25) is 0 Å². The van der Waals surface area contributed by atoms with Crippen molar-refractivity contribution >= 4 is 40.0 Å². The van der Waals surface area contributed by atoms with E-state index in [1.54, 1.807) is 18.2 Å². The van der Waals surface area contributed by atoms with E-state index in [0.29, 0.717) is 28.2 Å². The second-order valence-electron chi connectivity index (χ2n) is 7.14. The van der Waals surface area contributed by atoms with Crippen molar-refractivity contribution in [2.75, 3.05) is 5.32 Å². The van der Waals surface area contributed by atoms with Gasteiger partial charge in [0.25, 0.3) is 0 Å². The van der Waals surface area contributed by atoms with Crippen LogP contribution in [-0.2, 0) is 4.79 Å². The fraction of sp³-hybridized carbons (Fsp3) is 0.286. The van der Waals surface area contributed by atoms with Crippen LogP contribution in [0.5, 0.6) is 11.5 Å². The monoisotopic (exact) mass is 487 g/mol. The Morgan fingerprint density at radius 2 is 1.82 bits per heavy atom. The highest BCUT2D eigenvalue weighted by Gasteiger charge is 2.38. The first-order chi connectivity index (χ1) is 15.5. The predicted molar refractivity (Wildman–Crippen MR) is 112 cm³/mol. The van der Waals surface area contributed by atoms with Gasteiger partial charge in [-0.2, -0.15) is 13.2 Å². The molecule has 4 rings (SSSR count). The van der Waals surface area contributed by atoms with Crippen LogP contribution in [0, 0.1) is 5.82 Å². The Hall–Kier alpha value is -3.34. The van der Waals surface area contributed by atoms with Crippen LogP contribution in [0.2, 0.25) is 5.02 Å². The molecular weight excluding hydrogens is 470 g/mol. The second-order valence-corrected chi connectivity index (χ2v) is 7.55. The summed E-state index contributed by atoms with van der Waals surface area (Å²) in [6.45, 7) is 0. The normalized spacial score (nSPS) is 14.0. The van der Waals surface area contributed by atoms with Crippen molar-refractivity contribution in [2.24, 2.45) is 0 Å². The number of aliphatic carboxylic acids is 1. The molecule has 0 amide bonds. The number of carboxylic acid groups (broad SMARTS) is 1. The molecule has 1 heterocycles. The lowest BCUT2D eigenvalue weighted by molar-refractivity contribution is -0.192. The molecule has 12 heteroatoms. The maximum atomic E-state index is 13.4. The lowest BCUT2D eigenvalue weighted by Gasteiger charge is -2.17. The molecule has 7 nitrogen and oxygen atoms in total. The summed E-state index contributed by atoms with van der Waals surface area (Å²) in [5.41, 5.74) is 1.15. The molecule has 0 aliphatic heterocycles. The van der Waals surface area contributed by atoms with E-state index in [1.165, 1.54) is 18.5 Å². The number of carbonyl (C=O) groups is 1. The van der Waals surface area contributed by atoms with Gasteiger partial charge in [-0.1, -0.05) is 11.6 Å². The van der Waals surface area contributed by atoms with E-state index >= 15 is 0 Å². The fourth-order valence-corrected chi connectivity index (χ4v) is 3.40. The van der Waals surface area contributed by atoms with E-state index in [4.69, 9.17) is 26.2 Å². The molecule has 3 aromatic rings. The number of ether oxygens (including phenoxy) is 1. The zero-order valence-electron chi connectivity index (χ0n) is 16.9. The van der Waals surface area contributed by atoms with Gasteiger partial charge in [0.1, 0.15) is 29.5 Å². The Morgan fingerprint density at radius 1 is 1.15 bits per heavy atom. The fourth-order valence-electron chi connectivity index (χ4n) is 3.22. The van der Waals surface area contributed by atoms with E-state index < -0.39 is 18.0 Å². The van der Waals surface area contributed by atoms with Gasteiger partial charge in [0, 0.05) is 17.8 Å². The van der Waals surface area contributed by atoms with Gasteiger partial charge >= 0.3 is 12.1 Å². The molecule has 33 heavy (non-hydrogen) atoms. The molecule has 0 atom stereocenters. The summed E-state index contributed by atoms with van der Waals surface area (Å²) < 4.78 is 51.3. The lowest BCUT2D eigenvalue weighted by atomic mass is 10.2. The number of hydrogen-bond acceptors (Lipinski definition) is 6. The number of rotatable bonds is 4. The minimum atomic E-state index is -5.08. The van der Waals surface area contributed by atoms with Crippen LogP contribution in [0.15, 0.2) is 36.7 Å². The summed E-state index contributed by atoms with van der Waals surface area (Å²) in [6, 6.07) is 7.49. The summed E-state index contributed by atoms with van der Waals surface area (Å²) in [7, 11) is 0. The van der Waals surface area contributed by atoms with Crippen molar-refractivity contribution in [3.63, 3.8) is 0 Å². The number of aromatic nitrogens is 2. The molecule has 0 saturated heterocycles. The highest BCUT2D eigenvalue weighted by molar-refractivity contribution is 6.31. The number of alkyl halides is 3. The van der Waals surface area contributed by atoms with Crippen LogP contribution in [0.1, 0.15) is 25.7 Å². The summed E-state index contributed by atoms with van der Waals surface area (Å²) in [5, 5.41) is 21.0. The zero-order chi connectivity index (χ0) is 24.2. The first-order valence-corrected chi connectivity index (χ1v) is 10.1. The average Bonchev–Trinajstić information content (AvgIpc) is 3.23. The molecule has 3 N–H and O–H groups in total. The van der Waals surface area contributed by atoms with Crippen molar-refractivity contribution in [3.05, 3.63) is 47.5 Å². The molecule has 176 valence electrons. The third-order valence-electron chi connectivity index (χ3n) is 4.71. The van der Waals surface area contributed by atoms with Gasteiger partial charge in [0.2, 0.25) is 0 Å². The molecule has 2 aromatic carbocycles. The minimum Gasteiger partial charge on any atom is -0.508 e. The molecular formula is C21H18ClF4N3O4. The molecule has 1 saturated carbocycles. The van der Waals surface area contributed by atoms with Crippen LogP contribution in [0.25, 0.3) is 10.9 Å². The van der Waals surface area contributed by atoms with Crippen molar-refractivity contribution in [3.8, 4) is 11.5 Å². The Bertz CT molecular complexity index is 1150. The summed E-state index contributed by atoms with van der Waals surface area (Å²) in [6.07, 6.45) is 0.679. The Kier molecular flexibility index (Phi) is 7.42. The Balaban J connectivity index is 0.000000383. The number of fused-ring (bicyclic) bond motifs is 1. The lowest BCUT2D eigenvalue weighted by Crippen LogP contribution is -2.21. The van der Waals surface area contributed by atoms with E-state index in [-0.39, 0.29) is 16.9 Å². The van der Waals surface area contributed by atoms with E-state index in [9.17, 15) is 22.7 Å². The molecule has 0 spiro atoms. The Morgan fingerprint density at radius 3 is 2.42 bits per heavy atom. The number of nitrogens with one attached hydrogen (secondary N) is 1. The van der Waals surface area contributed by atoms with Crippen LogP contribution in [0.4, 0.5) is 29.1 Å². The van der Waals surface area contributed by atoms with Crippen LogP contribution in [0.3, 0.4) is 0 Å². The smallest absolute Gasteiger partial charge is 0.490 e. The van der Waals surface area contributed by atoms with Gasteiger partial charge in [0.05, 0.1) is 22.0 Å². The highest BCUT2D eigenvalue weighted by Crippen LogP contribution is 2.37. The third kappa shape index (κ3) is 6.35. The third-order valence-corrected chi connectivity index (χ3v) is 5.00. The standard InChI is InChI=1S/C19H17ClFN3O2.C2HF3O2/c20-14-7-11(5-6-15(14)21)24-19-18-16(22-10-23-19)8-12(25)9-17(18)26-13-3-1-2-4-13;3-2(4,5)1(6)7/h5-10,13,25H,1-4H2,(H,22,23,24);(H,6,7). The maximum Gasteiger partial charge on any atom is 0.490 e. The summed E-state index contributed by atoms with van der Waals surface area (Å²) in [4.78, 5) is 17.4. The topological polar surface area (TPSA) is 105 Å². The van der Waals surface area contributed by atoms with Gasteiger partial charge in [-0.05, 0) is 43.9 Å². The van der Waals surface area contributed by atoms with Crippen molar-refractivity contribution in [1.29, 1.82) is 0 Å². The summed E-state index contributed by atoms with van der Waals surface area (Å²) >= 11 is 5.86.